The van der Waals surface area contributed by atoms with Crippen LogP contribution in [0.5, 0.6) is 0 Å². The van der Waals surface area contributed by atoms with E-state index in [1.807, 2.05) is 40.2 Å². The molecular weight excluding hydrogens is 226 g/mol. The Balaban J connectivity index is 2.62. The first-order valence-corrected chi connectivity index (χ1v) is 6.17. The maximum absolute atomic E-state index is 12.2. The van der Waals surface area contributed by atoms with Crippen LogP contribution in [-0.4, -0.2) is 49.9 Å². The molecule has 1 amide bonds. The number of nitrogen functional groups attached to an aromatic ring is 1. The van der Waals surface area contributed by atoms with Gasteiger partial charge in [0.1, 0.15) is 0 Å². The lowest BCUT2D eigenvalue weighted by Crippen LogP contribution is -2.29. The van der Waals surface area contributed by atoms with Crippen LogP contribution in [-0.2, 0) is 0 Å². The van der Waals surface area contributed by atoms with Gasteiger partial charge in [-0.25, -0.2) is 0 Å². The first-order chi connectivity index (χ1) is 8.40. The fraction of sp³-hybridized carbons (Fsp3) is 0.500. The monoisotopic (exact) mass is 249 g/mol. The Hall–Kier alpha value is -1.55. The van der Waals surface area contributed by atoms with Gasteiger partial charge in [-0.3, -0.25) is 4.79 Å². The van der Waals surface area contributed by atoms with Gasteiger partial charge in [0.2, 0.25) is 0 Å². The highest BCUT2D eigenvalue weighted by Crippen LogP contribution is 2.13. The van der Waals surface area contributed by atoms with E-state index in [0.29, 0.717) is 11.3 Å². The Morgan fingerprint density at radius 1 is 1.17 bits per heavy atom. The SMILES string of the molecule is Cc1cc(N)cc(C(=O)N(C)CCCN(C)C)c1. The number of amides is 1. The van der Waals surface area contributed by atoms with Gasteiger partial charge >= 0.3 is 0 Å². The number of hydrogen-bond acceptors (Lipinski definition) is 3. The molecule has 0 aromatic heterocycles. The lowest BCUT2D eigenvalue weighted by atomic mass is 10.1. The second-order valence-corrected chi connectivity index (χ2v) is 5.02. The van der Waals surface area contributed by atoms with Crippen molar-refractivity contribution in [1.29, 1.82) is 0 Å². The van der Waals surface area contributed by atoms with Crippen molar-refractivity contribution in [2.75, 3.05) is 40.0 Å². The smallest absolute Gasteiger partial charge is 0.253 e. The third kappa shape index (κ3) is 4.37. The summed E-state index contributed by atoms with van der Waals surface area (Å²) in [6.45, 7) is 3.68. The number of rotatable bonds is 5. The highest BCUT2D eigenvalue weighted by molar-refractivity contribution is 5.95. The zero-order valence-corrected chi connectivity index (χ0v) is 11.7. The molecular formula is C14H23N3O. The van der Waals surface area contributed by atoms with Crippen LogP contribution >= 0.6 is 0 Å². The van der Waals surface area contributed by atoms with Crippen molar-refractivity contribution in [1.82, 2.24) is 9.80 Å². The summed E-state index contributed by atoms with van der Waals surface area (Å²) in [7, 11) is 5.89. The molecule has 0 unspecified atom stereocenters. The molecule has 0 spiro atoms. The Kier molecular flexibility index (Phi) is 5.16. The number of benzene rings is 1. The quantitative estimate of drug-likeness (QED) is 0.806. The minimum Gasteiger partial charge on any atom is -0.399 e. The summed E-state index contributed by atoms with van der Waals surface area (Å²) < 4.78 is 0. The molecule has 2 N–H and O–H groups in total. The van der Waals surface area contributed by atoms with Crippen LogP contribution in [0, 0.1) is 6.92 Å². The molecule has 0 aliphatic carbocycles. The number of anilines is 1. The molecule has 4 nitrogen and oxygen atoms in total. The molecule has 1 aromatic carbocycles. The Morgan fingerprint density at radius 2 is 1.83 bits per heavy atom. The molecule has 0 radical (unpaired) electrons. The number of carbonyl (C=O) groups excluding carboxylic acids is 1. The van der Waals surface area contributed by atoms with E-state index >= 15 is 0 Å². The molecule has 0 atom stereocenters. The standard InChI is InChI=1S/C14H23N3O/c1-11-8-12(10-13(15)9-11)14(18)17(4)7-5-6-16(2)3/h8-10H,5-7,15H2,1-4H3. The number of nitrogens with two attached hydrogens (primary N) is 1. The summed E-state index contributed by atoms with van der Waals surface area (Å²) in [6, 6.07) is 5.47. The predicted molar refractivity (Wildman–Crippen MR) is 75.7 cm³/mol. The van der Waals surface area contributed by atoms with E-state index in [9.17, 15) is 4.79 Å². The largest absolute Gasteiger partial charge is 0.399 e. The number of aryl methyl sites for hydroxylation is 1. The van der Waals surface area contributed by atoms with Gasteiger partial charge in [0.15, 0.2) is 0 Å². The zero-order valence-electron chi connectivity index (χ0n) is 11.7. The Labute approximate surface area is 109 Å². The molecule has 100 valence electrons. The van der Waals surface area contributed by atoms with Crippen LogP contribution in [0.1, 0.15) is 22.3 Å². The van der Waals surface area contributed by atoms with Crippen molar-refractivity contribution in [3.63, 3.8) is 0 Å². The van der Waals surface area contributed by atoms with Gasteiger partial charge in [-0.05, 0) is 57.7 Å². The van der Waals surface area contributed by atoms with Gasteiger partial charge in [0.05, 0.1) is 0 Å². The summed E-state index contributed by atoms with van der Waals surface area (Å²) in [5.41, 5.74) is 8.08. The average Bonchev–Trinajstić information content (AvgIpc) is 2.26. The van der Waals surface area contributed by atoms with Crippen LogP contribution in [0.3, 0.4) is 0 Å². The first-order valence-electron chi connectivity index (χ1n) is 6.17. The average molecular weight is 249 g/mol. The maximum Gasteiger partial charge on any atom is 0.253 e. The first kappa shape index (κ1) is 14.5. The minimum atomic E-state index is 0.0316. The number of carbonyl (C=O) groups is 1. The lowest BCUT2D eigenvalue weighted by molar-refractivity contribution is 0.0790. The molecule has 0 heterocycles. The molecule has 0 saturated carbocycles. The highest BCUT2D eigenvalue weighted by atomic mass is 16.2. The van der Waals surface area contributed by atoms with Gasteiger partial charge in [0.25, 0.3) is 5.91 Å². The summed E-state index contributed by atoms with van der Waals surface area (Å²) in [5.74, 6) is 0.0316. The number of hydrogen-bond donors (Lipinski definition) is 1. The van der Waals surface area contributed by atoms with Crippen molar-refractivity contribution in [2.24, 2.45) is 0 Å². The number of nitrogens with zero attached hydrogens (tertiary/aromatic N) is 2. The molecule has 0 aliphatic rings. The van der Waals surface area contributed by atoms with E-state index in [1.54, 1.807) is 11.0 Å². The van der Waals surface area contributed by atoms with Crippen LogP contribution in [0.15, 0.2) is 18.2 Å². The molecule has 1 rings (SSSR count). The fourth-order valence-corrected chi connectivity index (χ4v) is 1.88. The van der Waals surface area contributed by atoms with Gasteiger partial charge < -0.3 is 15.5 Å². The van der Waals surface area contributed by atoms with Crippen LogP contribution < -0.4 is 5.73 Å². The van der Waals surface area contributed by atoms with Gasteiger partial charge in [0, 0.05) is 24.8 Å². The molecule has 0 fully saturated rings. The van der Waals surface area contributed by atoms with Gasteiger partial charge in [-0.15, -0.1) is 0 Å². The fourth-order valence-electron chi connectivity index (χ4n) is 1.88. The summed E-state index contributed by atoms with van der Waals surface area (Å²) in [5, 5.41) is 0. The maximum atomic E-state index is 12.2. The van der Waals surface area contributed by atoms with Crippen LogP contribution in [0.4, 0.5) is 5.69 Å². The van der Waals surface area contributed by atoms with E-state index < -0.39 is 0 Å². The van der Waals surface area contributed by atoms with Crippen LogP contribution in [0.25, 0.3) is 0 Å². The molecule has 0 saturated heterocycles. The lowest BCUT2D eigenvalue weighted by Gasteiger charge is -2.19. The molecule has 18 heavy (non-hydrogen) atoms. The normalized spacial score (nSPS) is 10.7. The van der Waals surface area contributed by atoms with E-state index in [0.717, 1.165) is 25.1 Å². The highest BCUT2D eigenvalue weighted by Gasteiger charge is 2.12. The second-order valence-electron chi connectivity index (χ2n) is 5.02. The Morgan fingerprint density at radius 3 is 2.39 bits per heavy atom. The molecule has 0 bridgehead atoms. The van der Waals surface area contributed by atoms with Gasteiger partial charge in [-0.2, -0.15) is 0 Å². The third-order valence-corrected chi connectivity index (χ3v) is 2.79. The predicted octanol–water partition coefficient (Wildman–Crippen LogP) is 1.60. The summed E-state index contributed by atoms with van der Waals surface area (Å²) >= 11 is 0. The topological polar surface area (TPSA) is 49.6 Å². The van der Waals surface area contributed by atoms with Crippen molar-refractivity contribution < 1.29 is 4.79 Å². The van der Waals surface area contributed by atoms with Crippen molar-refractivity contribution in [2.45, 2.75) is 13.3 Å². The third-order valence-electron chi connectivity index (χ3n) is 2.79. The molecule has 1 aromatic rings. The van der Waals surface area contributed by atoms with Crippen LogP contribution in [0.2, 0.25) is 0 Å². The van der Waals surface area contributed by atoms with Crippen molar-refractivity contribution in [3.8, 4) is 0 Å². The molecule has 4 heteroatoms. The van der Waals surface area contributed by atoms with Gasteiger partial charge in [-0.1, -0.05) is 0 Å². The van der Waals surface area contributed by atoms with Crippen molar-refractivity contribution >= 4 is 11.6 Å². The van der Waals surface area contributed by atoms with E-state index in [2.05, 4.69) is 4.90 Å². The second kappa shape index (κ2) is 6.40. The van der Waals surface area contributed by atoms with E-state index in [-0.39, 0.29) is 5.91 Å². The minimum absolute atomic E-state index is 0.0316. The van der Waals surface area contributed by atoms with E-state index in [4.69, 9.17) is 5.73 Å². The zero-order chi connectivity index (χ0) is 13.7. The Bertz CT molecular complexity index is 395. The summed E-state index contributed by atoms with van der Waals surface area (Å²) in [6.07, 6.45) is 0.969. The van der Waals surface area contributed by atoms with Crippen molar-refractivity contribution in [3.05, 3.63) is 29.3 Å². The van der Waals surface area contributed by atoms with E-state index in [1.165, 1.54) is 0 Å². The summed E-state index contributed by atoms with van der Waals surface area (Å²) in [4.78, 5) is 16.0. The molecule has 0 aliphatic heterocycles.